The molecule has 2 fully saturated rings. The molecule has 3 atom stereocenters. The van der Waals surface area contributed by atoms with E-state index < -0.39 is 21.2 Å². The Morgan fingerprint density at radius 3 is 2.55 bits per heavy atom. The number of amides is 1. The lowest BCUT2D eigenvalue weighted by atomic mass is 10.0. The smallest absolute Gasteiger partial charge is 0.266 e. The number of sulfonamides is 1. The van der Waals surface area contributed by atoms with Gasteiger partial charge in [0.05, 0.1) is 10.8 Å². The van der Waals surface area contributed by atoms with Crippen molar-refractivity contribution in [1.29, 1.82) is 0 Å². The van der Waals surface area contributed by atoms with Crippen LogP contribution in [-0.4, -0.2) is 24.6 Å². The molecule has 2 aliphatic rings. The molecule has 2 aliphatic carbocycles. The first-order valence-corrected chi connectivity index (χ1v) is 9.43. The molecule has 3 rings (SSSR count). The van der Waals surface area contributed by atoms with Gasteiger partial charge in [0.25, 0.3) is 5.91 Å². The van der Waals surface area contributed by atoms with E-state index in [0.29, 0.717) is 12.3 Å². The molecule has 0 spiro atoms. The van der Waals surface area contributed by atoms with Gasteiger partial charge in [-0.1, -0.05) is 20.3 Å². The number of nitrogens with one attached hydrogen (secondary N) is 1. The lowest BCUT2D eigenvalue weighted by Gasteiger charge is -2.21. The van der Waals surface area contributed by atoms with Crippen molar-refractivity contribution in [3.63, 3.8) is 0 Å². The van der Waals surface area contributed by atoms with Crippen LogP contribution >= 0.6 is 0 Å². The maximum atomic E-state index is 12.4. The van der Waals surface area contributed by atoms with Crippen molar-refractivity contribution < 1.29 is 13.2 Å². The van der Waals surface area contributed by atoms with E-state index in [1.807, 2.05) is 13.8 Å². The Morgan fingerprint density at radius 1 is 1.27 bits per heavy atom. The second-order valence-corrected chi connectivity index (χ2v) is 8.72. The summed E-state index contributed by atoms with van der Waals surface area (Å²) in [5.41, 5.74) is 1.17. The van der Waals surface area contributed by atoms with Crippen LogP contribution in [0.5, 0.6) is 0 Å². The molecule has 2 bridgehead atoms. The zero-order valence-electron chi connectivity index (χ0n) is 13.0. The fourth-order valence-electron chi connectivity index (χ4n) is 3.71. The third-order valence-corrected chi connectivity index (χ3v) is 6.79. The Bertz CT molecular complexity index is 667. The van der Waals surface area contributed by atoms with E-state index in [9.17, 15) is 13.2 Å². The molecule has 1 aromatic rings. The van der Waals surface area contributed by atoms with E-state index in [2.05, 4.69) is 9.71 Å². The zero-order valence-corrected chi connectivity index (χ0v) is 13.8. The van der Waals surface area contributed by atoms with Crippen molar-refractivity contribution in [3.8, 4) is 0 Å². The fraction of sp³-hybridized carbons (Fsp3) is 0.625. The van der Waals surface area contributed by atoms with Crippen LogP contribution in [0.3, 0.4) is 0 Å². The largest absolute Gasteiger partial charge is 0.268 e. The minimum atomic E-state index is -3.59. The predicted molar refractivity (Wildman–Crippen MR) is 83.9 cm³/mol. The highest BCUT2D eigenvalue weighted by Gasteiger charge is 2.46. The molecule has 5 nitrogen and oxygen atoms in total. The summed E-state index contributed by atoms with van der Waals surface area (Å²) in [7, 11) is -3.59. The summed E-state index contributed by atoms with van der Waals surface area (Å²) in [5, 5.41) is -0.405. The summed E-state index contributed by atoms with van der Waals surface area (Å²) in [5.74, 6) is 0.436. The van der Waals surface area contributed by atoms with Crippen LogP contribution < -0.4 is 4.72 Å². The van der Waals surface area contributed by atoms with E-state index in [4.69, 9.17) is 0 Å². The Labute approximate surface area is 131 Å². The Morgan fingerprint density at radius 2 is 2.05 bits per heavy atom. The number of pyridine rings is 1. The number of carbonyl (C=O) groups excluding carboxylic acids is 1. The van der Waals surface area contributed by atoms with Crippen molar-refractivity contribution in [2.75, 3.05) is 0 Å². The van der Waals surface area contributed by atoms with E-state index >= 15 is 0 Å². The van der Waals surface area contributed by atoms with Gasteiger partial charge in [0, 0.05) is 11.9 Å². The SMILES string of the molecule is CC(C)c1ccc(C(=O)NS(=O)(=O)C2C[C@@H]3CC[C@H]2C3)cn1. The molecule has 1 aromatic heterocycles. The minimum absolute atomic E-state index is 0.219. The number of nitrogens with zero attached hydrogens (tertiary/aromatic N) is 1. The van der Waals surface area contributed by atoms with E-state index in [0.717, 1.165) is 25.0 Å². The average Bonchev–Trinajstić information content (AvgIpc) is 3.10. The van der Waals surface area contributed by atoms with Crippen LogP contribution in [0, 0.1) is 11.8 Å². The normalized spacial score (nSPS) is 27.3. The number of rotatable bonds is 4. The third kappa shape index (κ3) is 2.89. The molecule has 120 valence electrons. The topological polar surface area (TPSA) is 76.1 Å². The van der Waals surface area contributed by atoms with Crippen molar-refractivity contribution in [2.24, 2.45) is 11.8 Å². The van der Waals surface area contributed by atoms with Crippen molar-refractivity contribution in [2.45, 2.75) is 50.7 Å². The van der Waals surface area contributed by atoms with Gasteiger partial charge in [-0.05, 0) is 49.1 Å². The summed E-state index contributed by atoms with van der Waals surface area (Å²) in [6, 6.07) is 3.40. The van der Waals surface area contributed by atoms with Gasteiger partial charge in [0.15, 0.2) is 0 Å². The van der Waals surface area contributed by atoms with Crippen LogP contribution in [-0.2, 0) is 10.0 Å². The molecule has 0 radical (unpaired) electrons. The molecule has 1 amide bonds. The summed E-state index contributed by atoms with van der Waals surface area (Å²) < 4.78 is 27.1. The molecular formula is C16H22N2O3S. The number of fused-ring (bicyclic) bond motifs is 2. The first-order chi connectivity index (χ1) is 10.4. The summed E-state index contributed by atoms with van der Waals surface area (Å²) in [4.78, 5) is 16.4. The van der Waals surface area contributed by atoms with Gasteiger partial charge in [-0.25, -0.2) is 13.1 Å². The molecular weight excluding hydrogens is 300 g/mol. The lowest BCUT2D eigenvalue weighted by molar-refractivity contribution is 0.0980. The maximum absolute atomic E-state index is 12.4. The number of hydrogen-bond acceptors (Lipinski definition) is 4. The number of aromatic nitrogens is 1. The Balaban J connectivity index is 1.70. The minimum Gasteiger partial charge on any atom is -0.268 e. The molecule has 2 saturated carbocycles. The standard InChI is InChI=1S/C16H22N2O3S/c1-10(2)14-6-5-13(9-17-14)16(19)18-22(20,21)15-8-11-3-4-12(15)7-11/h5-6,9-12,15H,3-4,7-8H2,1-2H3,(H,18,19)/t11-,12+,15?/m1/s1. The molecule has 1 heterocycles. The highest BCUT2D eigenvalue weighted by atomic mass is 32.2. The van der Waals surface area contributed by atoms with Crippen LogP contribution in [0.1, 0.15) is 61.5 Å². The van der Waals surface area contributed by atoms with Gasteiger partial charge in [0.1, 0.15) is 0 Å². The zero-order chi connectivity index (χ0) is 15.9. The fourth-order valence-corrected chi connectivity index (χ4v) is 5.52. The van der Waals surface area contributed by atoms with Gasteiger partial charge in [-0.3, -0.25) is 9.78 Å². The molecule has 1 N–H and O–H groups in total. The first kappa shape index (κ1) is 15.5. The average molecular weight is 322 g/mol. The molecule has 6 heteroatoms. The Kier molecular flexibility index (Phi) is 3.97. The van der Waals surface area contributed by atoms with E-state index in [1.165, 1.54) is 6.20 Å². The van der Waals surface area contributed by atoms with Crippen molar-refractivity contribution in [3.05, 3.63) is 29.6 Å². The van der Waals surface area contributed by atoms with Gasteiger partial charge < -0.3 is 0 Å². The quantitative estimate of drug-likeness (QED) is 0.924. The Hall–Kier alpha value is -1.43. The van der Waals surface area contributed by atoms with Crippen LogP contribution in [0.25, 0.3) is 0 Å². The maximum Gasteiger partial charge on any atom is 0.266 e. The van der Waals surface area contributed by atoms with Gasteiger partial charge >= 0.3 is 0 Å². The van der Waals surface area contributed by atoms with Crippen molar-refractivity contribution in [1.82, 2.24) is 9.71 Å². The monoisotopic (exact) mass is 322 g/mol. The van der Waals surface area contributed by atoms with E-state index in [-0.39, 0.29) is 17.4 Å². The van der Waals surface area contributed by atoms with E-state index in [1.54, 1.807) is 12.1 Å². The molecule has 0 aromatic carbocycles. The number of hydrogen-bond donors (Lipinski definition) is 1. The molecule has 0 saturated heterocycles. The molecule has 22 heavy (non-hydrogen) atoms. The highest BCUT2D eigenvalue weighted by Crippen LogP contribution is 2.47. The van der Waals surface area contributed by atoms with Crippen LogP contribution in [0.15, 0.2) is 18.3 Å². The van der Waals surface area contributed by atoms with Gasteiger partial charge in [0.2, 0.25) is 10.0 Å². The predicted octanol–water partition coefficient (Wildman–Crippen LogP) is 2.45. The second kappa shape index (κ2) is 5.65. The van der Waals surface area contributed by atoms with Crippen LogP contribution in [0.4, 0.5) is 0 Å². The third-order valence-electron chi connectivity index (χ3n) is 4.95. The molecule has 1 unspecified atom stereocenters. The lowest BCUT2D eigenvalue weighted by Crippen LogP contribution is -2.40. The van der Waals surface area contributed by atoms with Gasteiger partial charge in [-0.2, -0.15) is 0 Å². The summed E-state index contributed by atoms with van der Waals surface area (Å²) in [6.45, 7) is 4.03. The number of carbonyl (C=O) groups is 1. The molecule has 0 aliphatic heterocycles. The summed E-state index contributed by atoms with van der Waals surface area (Å²) >= 11 is 0. The van der Waals surface area contributed by atoms with Crippen LogP contribution in [0.2, 0.25) is 0 Å². The first-order valence-electron chi connectivity index (χ1n) is 7.88. The van der Waals surface area contributed by atoms with Crippen molar-refractivity contribution >= 4 is 15.9 Å². The summed E-state index contributed by atoms with van der Waals surface area (Å²) in [6.07, 6.45) is 5.23. The second-order valence-electron chi connectivity index (χ2n) is 6.82. The highest BCUT2D eigenvalue weighted by molar-refractivity contribution is 7.90. The van der Waals surface area contributed by atoms with Gasteiger partial charge in [-0.15, -0.1) is 0 Å².